The largest absolute Gasteiger partial charge is 0.384 e. The summed E-state index contributed by atoms with van der Waals surface area (Å²) in [5.41, 5.74) is 7.16. The summed E-state index contributed by atoms with van der Waals surface area (Å²) >= 11 is 0. The molecule has 1 rings (SSSR count). The fourth-order valence-electron chi connectivity index (χ4n) is 1.97. The number of hydrogen-bond acceptors (Lipinski definition) is 4. The Hall–Kier alpha value is -1.62. The highest BCUT2D eigenvalue weighted by Crippen LogP contribution is 2.08. The van der Waals surface area contributed by atoms with E-state index in [0.717, 1.165) is 31.5 Å². The highest BCUT2D eigenvalue weighted by Gasteiger charge is 2.08. The minimum atomic E-state index is -0.0731. The number of nitrogens with one attached hydrogen (secondary N) is 1. The lowest BCUT2D eigenvalue weighted by Gasteiger charge is -2.20. The third-order valence-corrected chi connectivity index (χ3v) is 3.63. The Kier molecular flexibility index (Phi) is 7.15. The van der Waals surface area contributed by atoms with E-state index in [-0.39, 0.29) is 5.91 Å². The van der Waals surface area contributed by atoms with Gasteiger partial charge in [-0.05, 0) is 58.8 Å². The number of carbonyl (C=O) groups excluding carboxylic acids is 1. The molecule has 1 aromatic rings. The minimum absolute atomic E-state index is 0.0731. The molecule has 0 fully saturated rings. The summed E-state index contributed by atoms with van der Waals surface area (Å²) < 4.78 is 0. The zero-order valence-corrected chi connectivity index (χ0v) is 13.6. The van der Waals surface area contributed by atoms with Gasteiger partial charge in [-0.2, -0.15) is 0 Å². The number of nitrogen functional groups attached to an aromatic ring is 1. The molecule has 21 heavy (non-hydrogen) atoms. The zero-order chi connectivity index (χ0) is 15.8. The van der Waals surface area contributed by atoms with Gasteiger partial charge in [0.2, 0.25) is 0 Å². The van der Waals surface area contributed by atoms with Gasteiger partial charge in [0.05, 0.1) is 0 Å². The van der Waals surface area contributed by atoms with Crippen LogP contribution in [0, 0.1) is 0 Å². The number of nitrogens with zero attached hydrogens (tertiary/aromatic N) is 2. The fraction of sp³-hybridized carbons (Fsp3) is 0.625. The van der Waals surface area contributed by atoms with E-state index in [1.54, 1.807) is 12.1 Å². The van der Waals surface area contributed by atoms with E-state index in [1.807, 2.05) is 6.92 Å². The van der Waals surface area contributed by atoms with Gasteiger partial charge in [0.25, 0.3) is 5.91 Å². The van der Waals surface area contributed by atoms with Crippen molar-refractivity contribution >= 4 is 11.7 Å². The van der Waals surface area contributed by atoms with Gasteiger partial charge in [-0.1, -0.05) is 6.92 Å². The molecule has 5 nitrogen and oxygen atoms in total. The molecule has 0 aliphatic carbocycles. The number of rotatable bonds is 8. The summed E-state index contributed by atoms with van der Waals surface area (Å²) in [7, 11) is 2.12. The van der Waals surface area contributed by atoms with Crippen molar-refractivity contribution in [1.82, 2.24) is 15.2 Å². The first kappa shape index (κ1) is 17.4. The molecule has 5 heteroatoms. The maximum absolute atomic E-state index is 12.1. The second-order valence-corrected chi connectivity index (χ2v) is 5.66. The molecule has 1 aromatic heterocycles. The van der Waals surface area contributed by atoms with Gasteiger partial charge in [0, 0.05) is 23.8 Å². The number of aromatic nitrogens is 1. The first-order chi connectivity index (χ1) is 9.93. The first-order valence-electron chi connectivity index (χ1n) is 7.69. The highest BCUT2D eigenvalue weighted by atomic mass is 16.1. The molecule has 1 heterocycles. The fourth-order valence-corrected chi connectivity index (χ4v) is 1.97. The Labute approximate surface area is 127 Å². The highest BCUT2D eigenvalue weighted by molar-refractivity contribution is 5.94. The number of aryl methyl sites for hydroxylation is 1. The normalized spacial score (nSPS) is 11.1. The number of carbonyl (C=O) groups is 1. The lowest BCUT2D eigenvalue weighted by Crippen LogP contribution is -2.29. The summed E-state index contributed by atoms with van der Waals surface area (Å²) in [5.74, 6) is 0.328. The van der Waals surface area contributed by atoms with Crippen LogP contribution in [0.25, 0.3) is 0 Å². The maximum atomic E-state index is 12.1. The SMILES string of the molecule is CCc1cc(C(=O)NCCCCN(C)C(C)C)cc(N)n1. The molecule has 0 bridgehead atoms. The molecule has 0 saturated carbocycles. The van der Waals surface area contributed by atoms with Crippen LogP contribution in [0.1, 0.15) is 49.7 Å². The molecule has 0 spiro atoms. The molecule has 0 aliphatic heterocycles. The van der Waals surface area contributed by atoms with E-state index >= 15 is 0 Å². The van der Waals surface area contributed by atoms with E-state index in [2.05, 4.69) is 36.1 Å². The molecular weight excluding hydrogens is 264 g/mol. The van der Waals surface area contributed by atoms with Crippen molar-refractivity contribution in [1.29, 1.82) is 0 Å². The standard InChI is InChI=1S/C16H28N4O/c1-5-14-10-13(11-15(17)19-14)16(21)18-8-6-7-9-20(4)12(2)3/h10-12H,5-9H2,1-4H3,(H2,17,19)(H,18,21). The Morgan fingerprint density at radius 3 is 2.71 bits per heavy atom. The number of nitrogens with two attached hydrogens (primary N) is 1. The van der Waals surface area contributed by atoms with Crippen molar-refractivity contribution < 1.29 is 4.79 Å². The van der Waals surface area contributed by atoms with Gasteiger partial charge in [-0.15, -0.1) is 0 Å². The van der Waals surface area contributed by atoms with Crippen LogP contribution >= 0.6 is 0 Å². The van der Waals surface area contributed by atoms with Gasteiger partial charge >= 0.3 is 0 Å². The summed E-state index contributed by atoms with van der Waals surface area (Å²) in [4.78, 5) is 18.5. The molecule has 3 N–H and O–H groups in total. The van der Waals surface area contributed by atoms with Crippen molar-refractivity contribution in [2.24, 2.45) is 0 Å². The van der Waals surface area contributed by atoms with Crippen molar-refractivity contribution in [3.8, 4) is 0 Å². The topological polar surface area (TPSA) is 71.2 Å². The quantitative estimate of drug-likeness (QED) is 0.720. The number of anilines is 1. The number of hydrogen-bond donors (Lipinski definition) is 2. The maximum Gasteiger partial charge on any atom is 0.251 e. The van der Waals surface area contributed by atoms with Crippen molar-refractivity contribution in [3.63, 3.8) is 0 Å². The van der Waals surface area contributed by atoms with E-state index < -0.39 is 0 Å². The second kappa shape index (κ2) is 8.62. The van der Waals surface area contributed by atoms with Crippen LogP contribution in [0.5, 0.6) is 0 Å². The van der Waals surface area contributed by atoms with Gasteiger partial charge < -0.3 is 16.0 Å². The van der Waals surface area contributed by atoms with Gasteiger partial charge in [0.15, 0.2) is 0 Å². The first-order valence-corrected chi connectivity index (χ1v) is 7.69. The Balaban J connectivity index is 2.36. The summed E-state index contributed by atoms with van der Waals surface area (Å²) in [6.07, 6.45) is 2.82. The van der Waals surface area contributed by atoms with Crippen molar-refractivity contribution in [3.05, 3.63) is 23.4 Å². The predicted molar refractivity (Wildman–Crippen MR) is 87.4 cm³/mol. The zero-order valence-electron chi connectivity index (χ0n) is 13.6. The molecule has 118 valence electrons. The lowest BCUT2D eigenvalue weighted by atomic mass is 10.1. The average molecular weight is 292 g/mol. The molecule has 1 amide bonds. The Morgan fingerprint density at radius 1 is 1.38 bits per heavy atom. The summed E-state index contributed by atoms with van der Waals surface area (Å²) in [5, 5.41) is 2.94. The van der Waals surface area contributed by atoms with E-state index in [0.29, 0.717) is 24.0 Å². The van der Waals surface area contributed by atoms with E-state index in [4.69, 9.17) is 5.73 Å². The molecule has 0 aliphatic rings. The van der Waals surface area contributed by atoms with E-state index in [1.165, 1.54) is 0 Å². The van der Waals surface area contributed by atoms with Crippen LogP contribution in [0.4, 0.5) is 5.82 Å². The molecule has 0 radical (unpaired) electrons. The second-order valence-electron chi connectivity index (χ2n) is 5.66. The lowest BCUT2D eigenvalue weighted by molar-refractivity contribution is 0.0952. The van der Waals surface area contributed by atoms with Gasteiger partial charge in [-0.25, -0.2) is 4.98 Å². The average Bonchev–Trinajstić information content (AvgIpc) is 2.45. The number of unbranched alkanes of at least 4 members (excludes halogenated alkanes) is 1. The van der Waals surface area contributed by atoms with Crippen molar-refractivity contribution in [2.45, 2.75) is 46.1 Å². The summed E-state index contributed by atoms with van der Waals surface area (Å²) in [6, 6.07) is 3.99. The smallest absolute Gasteiger partial charge is 0.251 e. The Bertz CT molecular complexity index is 460. The van der Waals surface area contributed by atoms with Crippen LogP contribution in [0.2, 0.25) is 0 Å². The number of pyridine rings is 1. The minimum Gasteiger partial charge on any atom is -0.384 e. The van der Waals surface area contributed by atoms with E-state index in [9.17, 15) is 4.79 Å². The molecular formula is C16H28N4O. The van der Waals surface area contributed by atoms with Crippen LogP contribution in [-0.4, -0.2) is 42.0 Å². The van der Waals surface area contributed by atoms with Gasteiger partial charge in [0.1, 0.15) is 5.82 Å². The summed E-state index contributed by atoms with van der Waals surface area (Å²) in [6.45, 7) is 8.10. The molecule has 0 unspecified atom stereocenters. The monoisotopic (exact) mass is 292 g/mol. The molecule has 0 atom stereocenters. The molecule has 0 saturated heterocycles. The van der Waals surface area contributed by atoms with Crippen LogP contribution in [0.3, 0.4) is 0 Å². The Morgan fingerprint density at radius 2 is 2.10 bits per heavy atom. The van der Waals surface area contributed by atoms with Gasteiger partial charge in [-0.3, -0.25) is 4.79 Å². The van der Waals surface area contributed by atoms with Crippen molar-refractivity contribution in [2.75, 3.05) is 25.9 Å². The third kappa shape index (κ3) is 6.12. The number of amides is 1. The van der Waals surface area contributed by atoms with Crippen LogP contribution in [0.15, 0.2) is 12.1 Å². The van der Waals surface area contributed by atoms with Crippen LogP contribution < -0.4 is 11.1 Å². The third-order valence-electron chi connectivity index (χ3n) is 3.63. The molecule has 0 aromatic carbocycles. The van der Waals surface area contributed by atoms with Crippen LogP contribution in [-0.2, 0) is 6.42 Å². The predicted octanol–water partition coefficient (Wildman–Crippen LogP) is 2.08.